The molecule has 1 atom stereocenters. The monoisotopic (exact) mass is 462 g/mol. The van der Waals surface area contributed by atoms with Crippen molar-refractivity contribution in [3.05, 3.63) is 53.1 Å². The lowest BCUT2D eigenvalue weighted by Gasteiger charge is -2.41. The van der Waals surface area contributed by atoms with E-state index in [1.54, 1.807) is 0 Å². The fourth-order valence-electron chi connectivity index (χ4n) is 4.49. The molecule has 0 bridgehead atoms. The van der Waals surface area contributed by atoms with Gasteiger partial charge < -0.3 is 9.80 Å². The van der Waals surface area contributed by atoms with Gasteiger partial charge in [-0.3, -0.25) is 4.79 Å². The van der Waals surface area contributed by atoms with Crippen LogP contribution in [0.2, 0.25) is 5.02 Å². The van der Waals surface area contributed by atoms with Crippen molar-refractivity contribution in [2.45, 2.75) is 33.7 Å². The van der Waals surface area contributed by atoms with Gasteiger partial charge >= 0.3 is 0 Å². The predicted molar refractivity (Wildman–Crippen MR) is 132 cm³/mol. The largest absolute Gasteiger partial charge is 0.338 e. The molecule has 0 radical (unpaired) electrons. The molecule has 1 aliphatic heterocycles. The minimum atomic E-state index is -0.0161. The zero-order valence-corrected chi connectivity index (χ0v) is 20.0. The summed E-state index contributed by atoms with van der Waals surface area (Å²) in [5.41, 5.74) is 3.69. The van der Waals surface area contributed by atoms with E-state index >= 15 is 0 Å². The number of carbonyl (C=O) groups is 1. The molecule has 8 heteroatoms. The second-order valence-corrected chi connectivity index (χ2v) is 9.54. The Bertz CT molecular complexity index is 1350. The molecule has 5 rings (SSSR count). The zero-order chi connectivity index (χ0) is 23.3. The molecule has 1 amide bonds. The summed E-state index contributed by atoms with van der Waals surface area (Å²) in [6, 6.07) is 14.0. The minimum Gasteiger partial charge on any atom is -0.338 e. The third kappa shape index (κ3) is 3.80. The normalized spacial score (nSPS) is 16.8. The molecule has 0 spiro atoms. The van der Waals surface area contributed by atoms with Crippen molar-refractivity contribution in [2.24, 2.45) is 5.92 Å². The van der Waals surface area contributed by atoms with Crippen molar-refractivity contribution in [3.63, 3.8) is 0 Å². The van der Waals surface area contributed by atoms with Crippen LogP contribution in [-0.2, 0) is 4.79 Å². The Hall–Kier alpha value is -3.19. The Morgan fingerprint density at radius 1 is 1.09 bits per heavy atom. The van der Waals surface area contributed by atoms with Gasteiger partial charge in [0.15, 0.2) is 11.5 Å². The minimum absolute atomic E-state index is 0.0161. The van der Waals surface area contributed by atoms with Crippen molar-refractivity contribution in [1.29, 1.82) is 0 Å². The number of nitrogens with zero attached hydrogens (tertiary/aromatic N) is 6. The summed E-state index contributed by atoms with van der Waals surface area (Å²) in [7, 11) is 0. The van der Waals surface area contributed by atoms with Crippen LogP contribution in [0.5, 0.6) is 0 Å². The predicted octanol–water partition coefficient (Wildman–Crippen LogP) is 4.60. The van der Waals surface area contributed by atoms with Crippen LogP contribution < -0.4 is 4.90 Å². The highest BCUT2D eigenvalue weighted by atomic mass is 35.5. The van der Waals surface area contributed by atoms with Gasteiger partial charge in [-0.25, -0.2) is 9.38 Å². The van der Waals surface area contributed by atoms with E-state index in [4.69, 9.17) is 16.6 Å². The first-order chi connectivity index (χ1) is 15.8. The van der Waals surface area contributed by atoms with E-state index < -0.39 is 0 Å². The molecule has 170 valence electrons. The number of hydrogen-bond donors (Lipinski definition) is 0. The second-order valence-electron chi connectivity index (χ2n) is 9.10. The number of anilines is 1. The van der Waals surface area contributed by atoms with Crippen LogP contribution in [-0.4, -0.2) is 56.1 Å². The molecule has 2 aromatic carbocycles. The lowest BCUT2D eigenvalue weighted by Crippen LogP contribution is -2.55. The maximum Gasteiger partial charge on any atom is 0.225 e. The Balaban J connectivity index is 1.66. The van der Waals surface area contributed by atoms with Crippen molar-refractivity contribution in [2.75, 3.05) is 24.5 Å². The van der Waals surface area contributed by atoms with Gasteiger partial charge in [0.25, 0.3) is 0 Å². The Labute approximate surface area is 198 Å². The molecule has 2 aromatic heterocycles. The molecular weight excluding hydrogens is 436 g/mol. The van der Waals surface area contributed by atoms with Gasteiger partial charge in [-0.05, 0) is 32.0 Å². The summed E-state index contributed by atoms with van der Waals surface area (Å²) in [6.45, 7) is 10.1. The third-order valence-corrected chi connectivity index (χ3v) is 6.52. The number of fused-ring (bicyclic) bond motifs is 3. The average Bonchev–Trinajstić information content (AvgIpc) is 3.23. The van der Waals surface area contributed by atoms with E-state index in [1.807, 2.05) is 41.3 Å². The van der Waals surface area contributed by atoms with Gasteiger partial charge in [0.2, 0.25) is 11.9 Å². The average molecular weight is 463 g/mol. The van der Waals surface area contributed by atoms with E-state index in [1.165, 1.54) is 5.56 Å². The maximum absolute atomic E-state index is 12.7. The van der Waals surface area contributed by atoms with Gasteiger partial charge in [-0.1, -0.05) is 55.3 Å². The van der Waals surface area contributed by atoms with Crippen LogP contribution in [0.15, 0.2) is 42.5 Å². The summed E-state index contributed by atoms with van der Waals surface area (Å²) < 4.78 is 2.04. The van der Waals surface area contributed by atoms with Crippen molar-refractivity contribution >= 4 is 40.0 Å². The molecule has 1 aliphatic rings. The zero-order valence-electron chi connectivity index (χ0n) is 19.3. The molecule has 0 saturated carbocycles. The number of amides is 1. The van der Waals surface area contributed by atoms with Crippen LogP contribution in [0.25, 0.3) is 27.9 Å². The van der Waals surface area contributed by atoms with Crippen LogP contribution in [0.1, 0.15) is 26.3 Å². The molecule has 0 N–H and O–H groups in total. The summed E-state index contributed by atoms with van der Waals surface area (Å²) in [6.07, 6.45) is 0. The summed E-state index contributed by atoms with van der Waals surface area (Å²) in [5.74, 6) is 1.69. The standard InChI is InChI=1S/C25H27ClN6O/c1-15(2)24(33)31-12-11-30(14-17(31)4)25-27-21-13-19(26)9-10-20(21)23-29-28-22(32(23)25)18-7-5-16(3)6-8-18/h5-10,13,15,17H,11-12,14H2,1-4H3/t17-/m0/s1. The highest BCUT2D eigenvalue weighted by molar-refractivity contribution is 6.31. The maximum atomic E-state index is 12.7. The topological polar surface area (TPSA) is 66.6 Å². The van der Waals surface area contributed by atoms with Gasteiger partial charge in [0.1, 0.15) is 0 Å². The molecular formula is C25H27ClN6O. The number of aryl methyl sites for hydroxylation is 1. The molecule has 1 fully saturated rings. The number of piperazine rings is 1. The quantitative estimate of drug-likeness (QED) is 0.445. The van der Waals surface area contributed by atoms with E-state index in [-0.39, 0.29) is 17.9 Å². The van der Waals surface area contributed by atoms with E-state index in [9.17, 15) is 4.79 Å². The number of halogens is 1. The fourth-order valence-corrected chi connectivity index (χ4v) is 4.66. The Morgan fingerprint density at radius 2 is 1.85 bits per heavy atom. The van der Waals surface area contributed by atoms with Gasteiger partial charge in [0, 0.05) is 47.6 Å². The lowest BCUT2D eigenvalue weighted by molar-refractivity contribution is -0.136. The Kier molecular flexibility index (Phi) is 5.44. The van der Waals surface area contributed by atoms with Crippen molar-refractivity contribution in [1.82, 2.24) is 24.5 Å². The van der Waals surface area contributed by atoms with Crippen LogP contribution in [0, 0.1) is 12.8 Å². The second kappa shape index (κ2) is 8.30. The molecule has 0 unspecified atom stereocenters. The first kappa shape index (κ1) is 21.6. The Morgan fingerprint density at radius 3 is 2.55 bits per heavy atom. The smallest absolute Gasteiger partial charge is 0.225 e. The van der Waals surface area contributed by atoms with Gasteiger partial charge in [-0.2, -0.15) is 0 Å². The number of carbonyl (C=O) groups excluding carboxylic acids is 1. The SMILES string of the molecule is Cc1ccc(-c2nnc3c4ccc(Cl)cc4nc(N4CCN(C(=O)C(C)C)[C@@H](C)C4)n23)cc1. The van der Waals surface area contributed by atoms with Gasteiger partial charge in [-0.15, -0.1) is 10.2 Å². The first-order valence-corrected chi connectivity index (χ1v) is 11.7. The number of rotatable bonds is 3. The summed E-state index contributed by atoms with van der Waals surface area (Å²) in [4.78, 5) is 21.9. The molecule has 4 aromatic rings. The molecule has 0 aliphatic carbocycles. The van der Waals surface area contributed by atoms with Crippen molar-refractivity contribution in [3.8, 4) is 11.4 Å². The fraction of sp³-hybridized carbons (Fsp3) is 0.360. The summed E-state index contributed by atoms with van der Waals surface area (Å²) >= 11 is 6.29. The lowest BCUT2D eigenvalue weighted by atomic mass is 10.1. The first-order valence-electron chi connectivity index (χ1n) is 11.3. The van der Waals surface area contributed by atoms with E-state index in [0.717, 1.165) is 33.9 Å². The van der Waals surface area contributed by atoms with Crippen LogP contribution >= 0.6 is 11.6 Å². The molecule has 33 heavy (non-hydrogen) atoms. The van der Waals surface area contributed by atoms with E-state index in [0.29, 0.717) is 24.7 Å². The summed E-state index contributed by atoms with van der Waals surface area (Å²) in [5, 5.41) is 10.6. The van der Waals surface area contributed by atoms with Gasteiger partial charge in [0.05, 0.1) is 5.52 Å². The molecule has 1 saturated heterocycles. The number of benzene rings is 2. The third-order valence-electron chi connectivity index (χ3n) is 6.28. The highest BCUT2D eigenvalue weighted by Crippen LogP contribution is 2.31. The van der Waals surface area contributed by atoms with E-state index in [2.05, 4.69) is 53.2 Å². The molecule has 7 nitrogen and oxygen atoms in total. The van der Waals surface area contributed by atoms with Crippen LogP contribution in [0.3, 0.4) is 0 Å². The number of aromatic nitrogens is 4. The molecule has 3 heterocycles. The number of hydrogen-bond acceptors (Lipinski definition) is 5. The van der Waals surface area contributed by atoms with Crippen LogP contribution in [0.4, 0.5) is 5.95 Å². The van der Waals surface area contributed by atoms with Crippen molar-refractivity contribution < 1.29 is 4.79 Å². The highest BCUT2D eigenvalue weighted by Gasteiger charge is 2.31.